The summed E-state index contributed by atoms with van der Waals surface area (Å²) in [7, 11) is 0. The van der Waals surface area contributed by atoms with E-state index in [1.54, 1.807) is 0 Å². The van der Waals surface area contributed by atoms with Crippen LogP contribution in [-0.4, -0.2) is 31.0 Å². The van der Waals surface area contributed by atoms with Crippen LogP contribution in [0.5, 0.6) is 0 Å². The Morgan fingerprint density at radius 3 is 2.58 bits per heavy atom. The van der Waals surface area contributed by atoms with Crippen LogP contribution in [0.3, 0.4) is 0 Å². The number of hydrogen-bond donors (Lipinski definition) is 3. The predicted octanol–water partition coefficient (Wildman–Crippen LogP) is 2.82. The smallest absolute Gasteiger partial charge is 0.251 e. The van der Waals surface area contributed by atoms with Gasteiger partial charge < -0.3 is 16.0 Å². The second-order valence-corrected chi connectivity index (χ2v) is 6.23. The van der Waals surface area contributed by atoms with E-state index >= 15 is 0 Å². The summed E-state index contributed by atoms with van der Waals surface area (Å²) in [6, 6.07) is 8.20. The highest BCUT2D eigenvalue weighted by molar-refractivity contribution is 5.94. The van der Waals surface area contributed by atoms with E-state index in [0.717, 1.165) is 18.1 Å². The third kappa shape index (κ3) is 5.87. The number of carbonyl (C=O) groups is 1. The van der Waals surface area contributed by atoms with E-state index < -0.39 is 0 Å². The lowest BCUT2D eigenvalue weighted by Crippen LogP contribution is -2.44. The van der Waals surface area contributed by atoms with Crippen molar-refractivity contribution in [2.24, 2.45) is 4.99 Å². The Morgan fingerprint density at radius 1 is 1.12 bits per heavy atom. The molecule has 0 bridgehead atoms. The van der Waals surface area contributed by atoms with Crippen LogP contribution in [-0.2, 0) is 6.54 Å². The Balaban J connectivity index is 1.99. The molecule has 1 fully saturated rings. The molecular formula is C19H30N4O. The predicted molar refractivity (Wildman–Crippen MR) is 99.3 cm³/mol. The molecule has 0 radical (unpaired) electrons. The molecule has 0 saturated heterocycles. The van der Waals surface area contributed by atoms with Gasteiger partial charge in [0.05, 0.1) is 6.54 Å². The number of nitrogens with one attached hydrogen (secondary N) is 3. The van der Waals surface area contributed by atoms with Crippen molar-refractivity contribution in [2.45, 2.75) is 58.5 Å². The van der Waals surface area contributed by atoms with Gasteiger partial charge in [0, 0.05) is 24.7 Å². The normalized spacial score (nSPS) is 15.8. The Labute approximate surface area is 145 Å². The van der Waals surface area contributed by atoms with Gasteiger partial charge in [-0.05, 0) is 44.4 Å². The van der Waals surface area contributed by atoms with Crippen molar-refractivity contribution < 1.29 is 4.79 Å². The summed E-state index contributed by atoms with van der Waals surface area (Å²) in [5.74, 6) is 0.836. The van der Waals surface area contributed by atoms with Gasteiger partial charge in [0.25, 0.3) is 5.91 Å². The summed E-state index contributed by atoms with van der Waals surface area (Å²) in [4.78, 5) is 16.6. The molecule has 0 atom stereocenters. The van der Waals surface area contributed by atoms with Crippen molar-refractivity contribution in [1.82, 2.24) is 16.0 Å². The average molecular weight is 330 g/mol. The van der Waals surface area contributed by atoms with Crippen molar-refractivity contribution >= 4 is 11.9 Å². The van der Waals surface area contributed by atoms with Gasteiger partial charge in [-0.25, -0.2) is 4.99 Å². The molecule has 24 heavy (non-hydrogen) atoms. The number of amides is 1. The Bertz CT molecular complexity index is 550. The molecule has 0 heterocycles. The van der Waals surface area contributed by atoms with E-state index in [4.69, 9.17) is 0 Å². The van der Waals surface area contributed by atoms with Crippen LogP contribution in [0.15, 0.2) is 29.3 Å². The largest absolute Gasteiger partial charge is 0.357 e. The molecule has 5 heteroatoms. The number of benzene rings is 1. The quantitative estimate of drug-likeness (QED) is 0.555. The van der Waals surface area contributed by atoms with Crippen LogP contribution in [0.1, 0.15) is 61.9 Å². The highest BCUT2D eigenvalue weighted by Crippen LogP contribution is 2.17. The van der Waals surface area contributed by atoms with E-state index in [9.17, 15) is 4.79 Å². The summed E-state index contributed by atoms with van der Waals surface area (Å²) < 4.78 is 0. The third-order valence-electron chi connectivity index (χ3n) is 4.24. The van der Waals surface area contributed by atoms with Crippen molar-refractivity contribution in [3.05, 3.63) is 35.4 Å². The van der Waals surface area contributed by atoms with Gasteiger partial charge in [-0.3, -0.25) is 4.79 Å². The van der Waals surface area contributed by atoms with E-state index in [1.807, 2.05) is 31.2 Å². The molecule has 1 aliphatic rings. The molecule has 0 aromatic heterocycles. The van der Waals surface area contributed by atoms with Crippen molar-refractivity contribution in [2.75, 3.05) is 13.1 Å². The SMILES string of the molecule is CCNC(=O)c1cccc(CN=C(NCC)NC2CCCCC2)c1. The van der Waals surface area contributed by atoms with Crippen LogP contribution in [0, 0.1) is 0 Å². The molecule has 0 aliphatic heterocycles. The van der Waals surface area contributed by atoms with Gasteiger partial charge in [-0.15, -0.1) is 0 Å². The molecule has 1 aliphatic carbocycles. The van der Waals surface area contributed by atoms with E-state index in [-0.39, 0.29) is 5.91 Å². The monoisotopic (exact) mass is 330 g/mol. The number of hydrogen-bond acceptors (Lipinski definition) is 2. The van der Waals surface area contributed by atoms with Crippen LogP contribution in [0.2, 0.25) is 0 Å². The van der Waals surface area contributed by atoms with E-state index in [2.05, 4.69) is 27.9 Å². The first-order chi connectivity index (χ1) is 11.7. The Morgan fingerprint density at radius 2 is 1.88 bits per heavy atom. The second kappa shape index (κ2) is 9.96. The molecule has 1 aromatic rings. The van der Waals surface area contributed by atoms with Crippen molar-refractivity contribution in [3.63, 3.8) is 0 Å². The molecule has 3 N–H and O–H groups in total. The molecule has 1 saturated carbocycles. The minimum atomic E-state index is -0.0319. The topological polar surface area (TPSA) is 65.5 Å². The zero-order valence-corrected chi connectivity index (χ0v) is 14.9. The maximum atomic E-state index is 11.9. The van der Waals surface area contributed by atoms with Crippen LogP contribution in [0.4, 0.5) is 0 Å². The maximum Gasteiger partial charge on any atom is 0.251 e. The highest BCUT2D eigenvalue weighted by Gasteiger charge is 2.14. The maximum absolute atomic E-state index is 11.9. The first-order valence-electron chi connectivity index (χ1n) is 9.15. The number of nitrogens with zero attached hydrogens (tertiary/aromatic N) is 1. The molecule has 5 nitrogen and oxygen atoms in total. The fraction of sp³-hybridized carbons (Fsp3) is 0.579. The lowest BCUT2D eigenvalue weighted by Gasteiger charge is -2.24. The summed E-state index contributed by atoms with van der Waals surface area (Å²) in [6.45, 7) is 6.04. The standard InChI is InChI=1S/C19H30N4O/c1-3-20-18(24)16-10-8-9-15(13-16)14-22-19(21-4-2)23-17-11-6-5-7-12-17/h8-10,13,17H,3-7,11-12,14H2,1-2H3,(H,20,24)(H2,21,22,23). The molecule has 0 unspecified atom stereocenters. The summed E-state index contributed by atoms with van der Waals surface area (Å²) in [5, 5.41) is 9.69. The van der Waals surface area contributed by atoms with Crippen molar-refractivity contribution in [1.29, 1.82) is 0 Å². The van der Waals surface area contributed by atoms with Crippen LogP contribution in [0.25, 0.3) is 0 Å². The van der Waals surface area contributed by atoms with Gasteiger partial charge >= 0.3 is 0 Å². The summed E-state index contributed by atoms with van der Waals surface area (Å²) in [5.41, 5.74) is 1.73. The minimum absolute atomic E-state index is 0.0319. The third-order valence-corrected chi connectivity index (χ3v) is 4.24. The number of carbonyl (C=O) groups excluding carboxylic acids is 1. The summed E-state index contributed by atoms with van der Waals surface area (Å²) >= 11 is 0. The Hall–Kier alpha value is -2.04. The van der Waals surface area contributed by atoms with Crippen LogP contribution < -0.4 is 16.0 Å². The average Bonchev–Trinajstić information content (AvgIpc) is 2.61. The van der Waals surface area contributed by atoms with Gasteiger partial charge in [0.1, 0.15) is 0 Å². The van der Waals surface area contributed by atoms with E-state index in [0.29, 0.717) is 24.7 Å². The molecule has 132 valence electrons. The van der Waals surface area contributed by atoms with Gasteiger partial charge in [-0.1, -0.05) is 31.4 Å². The number of rotatable bonds is 6. The number of aliphatic imine (C=N–C) groups is 1. The molecule has 1 amide bonds. The van der Waals surface area contributed by atoms with Crippen LogP contribution >= 0.6 is 0 Å². The second-order valence-electron chi connectivity index (χ2n) is 6.23. The minimum Gasteiger partial charge on any atom is -0.357 e. The zero-order valence-electron chi connectivity index (χ0n) is 14.9. The number of guanidine groups is 1. The lowest BCUT2D eigenvalue weighted by atomic mass is 9.96. The van der Waals surface area contributed by atoms with Gasteiger partial charge in [0.15, 0.2) is 5.96 Å². The molecule has 0 spiro atoms. The van der Waals surface area contributed by atoms with Gasteiger partial charge in [0.2, 0.25) is 0 Å². The first kappa shape index (κ1) is 18.3. The van der Waals surface area contributed by atoms with E-state index in [1.165, 1.54) is 32.1 Å². The fourth-order valence-electron chi connectivity index (χ4n) is 3.00. The zero-order chi connectivity index (χ0) is 17.2. The molecular weight excluding hydrogens is 300 g/mol. The molecule has 2 rings (SSSR count). The fourth-order valence-corrected chi connectivity index (χ4v) is 3.00. The first-order valence-corrected chi connectivity index (χ1v) is 9.15. The van der Waals surface area contributed by atoms with Crippen molar-refractivity contribution in [3.8, 4) is 0 Å². The van der Waals surface area contributed by atoms with Gasteiger partial charge in [-0.2, -0.15) is 0 Å². The lowest BCUT2D eigenvalue weighted by molar-refractivity contribution is 0.0955. The Kier molecular flexibility index (Phi) is 7.59. The highest BCUT2D eigenvalue weighted by atomic mass is 16.1. The molecule has 1 aromatic carbocycles. The summed E-state index contributed by atoms with van der Waals surface area (Å²) in [6.07, 6.45) is 6.38.